The molecule has 0 spiro atoms. The third-order valence-electron chi connectivity index (χ3n) is 2.70. The van der Waals surface area contributed by atoms with Gasteiger partial charge in [-0.05, 0) is 29.6 Å². The Labute approximate surface area is 117 Å². The fraction of sp³-hybridized carbons (Fsp3) is 0.0714. The van der Waals surface area contributed by atoms with Gasteiger partial charge in [-0.2, -0.15) is 0 Å². The Morgan fingerprint density at radius 1 is 1.30 bits per heavy atom. The number of ether oxygens (including phenoxy) is 1. The summed E-state index contributed by atoms with van der Waals surface area (Å²) >= 11 is 1.32. The molecule has 1 aromatic carbocycles. The molecular weight excluding hydrogens is 278 g/mol. The van der Waals surface area contributed by atoms with Crippen LogP contribution in [0.5, 0.6) is 0 Å². The van der Waals surface area contributed by atoms with Crippen molar-refractivity contribution in [1.82, 2.24) is 4.98 Å². The van der Waals surface area contributed by atoms with E-state index in [-0.39, 0.29) is 12.4 Å². The van der Waals surface area contributed by atoms with Gasteiger partial charge in [0.05, 0.1) is 10.4 Å². The normalized spacial score (nSPS) is 10.6. The van der Waals surface area contributed by atoms with Crippen molar-refractivity contribution in [2.45, 2.75) is 0 Å². The van der Waals surface area contributed by atoms with Gasteiger partial charge in [0.15, 0.2) is 18.6 Å². The maximum absolute atomic E-state index is 11.9. The molecule has 0 radical (unpaired) electrons. The monoisotopic (exact) mass is 287 g/mol. The summed E-state index contributed by atoms with van der Waals surface area (Å²) in [4.78, 5) is 28.1. The van der Waals surface area contributed by atoms with Crippen LogP contribution in [0.15, 0.2) is 46.5 Å². The lowest BCUT2D eigenvalue weighted by atomic mass is 10.2. The summed E-state index contributed by atoms with van der Waals surface area (Å²) in [6, 6.07) is 8.26. The Morgan fingerprint density at radius 3 is 3.00 bits per heavy atom. The Hall–Kier alpha value is -2.47. The van der Waals surface area contributed by atoms with Gasteiger partial charge >= 0.3 is 5.97 Å². The zero-order valence-corrected chi connectivity index (χ0v) is 11.1. The van der Waals surface area contributed by atoms with Crippen LogP contribution in [0.1, 0.15) is 20.0 Å². The van der Waals surface area contributed by atoms with Crippen LogP contribution in [-0.4, -0.2) is 23.3 Å². The first-order chi connectivity index (χ1) is 9.74. The number of aromatic nitrogens is 1. The number of thiophene rings is 1. The predicted octanol–water partition coefficient (Wildman–Crippen LogP) is 2.93. The summed E-state index contributed by atoms with van der Waals surface area (Å²) < 4.78 is 10.1. The fourth-order valence-electron chi connectivity index (χ4n) is 1.70. The lowest BCUT2D eigenvalue weighted by Crippen LogP contribution is -2.13. The summed E-state index contributed by atoms with van der Waals surface area (Å²) in [5.74, 6) is -0.776. The van der Waals surface area contributed by atoms with Gasteiger partial charge in [-0.15, -0.1) is 11.3 Å². The molecule has 0 aliphatic heterocycles. The molecule has 2 aromatic heterocycles. The van der Waals surface area contributed by atoms with Gasteiger partial charge in [-0.25, -0.2) is 9.78 Å². The fourth-order valence-corrected chi connectivity index (χ4v) is 2.36. The minimum Gasteiger partial charge on any atom is -0.454 e. The van der Waals surface area contributed by atoms with E-state index in [2.05, 4.69) is 4.98 Å². The Morgan fingerprint density at radius 2 is 2.20 bits per heavy atom. The summed E-state index contributed by atoms with van der Waals surface area (Å²) in [6.07, 6.45) is 1.31. The number of benzene rings is 1. The molecule has 0 saturated heterocycles. The number of carbonyl (C=O) groups excluding carboxylic acids is 2. The average Bonchev–Trinajstić information content (AvgIpc) is 3.13. The molecule has 6 heteroatoms. The molecule has 0 aliphatic carbocycles. The molecule has 3 aromatic rings. The topological polar surface area (TPSA) is 69.4 Å². The number of hydrogen-bond acceptors (Lipinski definition) is 6. The Balaban J connectivity index is 1.68. The van der Waals surface area contributed by atoms with Gasteiger partial charge in [0.25, 0.3) is 0 Å². The molecule has 20 heavy (non-hydrogen) atoms. The smallest absolute Gasteiger partial charge is 0.338 e. The maximum Gasteiger partial charge on any atom is 0.338 e. The zero-order valence-electron chi connectivity index (χ0n) is 10.2. The van der Waals surface area contributed by atoms with Crippen molar-refractivity contribution in [3.8, 4) is 0 Å². The molecule has 0 N–H and O–H groups in total. The van der Waals surface area contributed by atoms with Crippen LogP contribution in [-0.2, 0) is 4.74 Å². The predicted molar refractivity (Wildman–Crippen MR) is 72.9 cm³/mol. The van der Waals surface area contributed by atoms with Crippen LogP contribution in [0.4, 0.5) is 0 Å². The molecule has 5 nitrogen and oxygen atoms in total. The van der Waals surface area contributed by atoms with Gasteiger partial charge in [-0.3, -0.25) is 4.79 Å². The highest BCUT2D eigenvalue weighted by molar-refractivity contribution is 7.12. The van der Waals surface area contributed by atoms with Crippen molar-refractivity contribution >= 4 is 34.2 Å². The third kappa shape index (κ3) is 2.46. The van der Waals surface area contributed by atoms with Crippen LogP contribution >= 0.6 is 11.3 Å². The number of ketones is 1. The first-order valence-electron chi connectivity index (χ1n) is 5.81. The van der Waals surface area contributed by atoms with E-state index in [1.807, 2.05) is 0 Å². The standard InChI is InChI=1S/C14H9NO4S/c16-11(13-2-1-5-20-13)7-18-14(17)9-3-4-10-12(6-9)19-8-15-10/h1-6,8H,7H2. The third-order valence-corrected chi connectivity index (χ3v) is 3.61. The zero-order chi connectivity index (χ0) is 13.9. The van der Waals surface area contributed by atoms with E-state index in [9.17, 15) is 9.59 Å². The lowest BCUT2D eigenvalue weighted by molar-refractivity contribution is 0.0476. The Bertz CT molecular complexity index is 760. The van der Waals surface area contributed by atoms with E-state index in [1.165, 1.54) is 17.7 Å². The maximum atomic E-state index is 11.9. The molecule has 0 bridgehead atoms. The number of hydrogen-bond donors (Lipinski definition) is 0. The van der Waals surface area contributed by atoms with Crippen molar-refractivity contribution in [2.24, 2.45) is 0 Å². The second-order valence-electron chi connectivity index (χ2n) is 4.01. The van der Waals surface area contributed by atoms with Crippen LogP contribution in [0, 0.1) is 0 Å². The van der Waals surface area contributed by atoms with Crippen molar-refractivity contribution in [2.75, 3.05) is 6.61 Å². The van der Waals surface area contributed by atoms with Crippen molar-refractivity contribution in [3.63, 3.8) is 0 Å². The number of nitrogens with zero attached hydrogens (tertiary/aromatic N) is 1. The largest absolute Gasteiger partial charge is 0.454 e. The van der Waals surface area contributed by atoms with E-state index >= 15 is 0 Å². The quantitative estimate of drug-likeness (QED) is 0.545. The van der Waals surface area contributed by atoms with E-state index in [0.29, 0.717) is 21.5 Å². The highest BCUT2D eigenvalue weighted by atomic mass is 32.1. The van der Waals surface area contributed by atoms with Gasteiger partial charge in [0, 0.05) is 0 Å². The SMILES string of the molecule is O=C(OCC(=O)c1cccs1)c1ccc2ncoc2c1. The van der Waals surface area contributed by atoms with Gasteiger partial charge in [0.2, 0.25) is 5.78 Å². The molecule has 0 saturated carbocycles. The summed E-state index contributed by atoms with van der Waals surface area (Å²) in [5, 5.41) is 1.80. The number of carbonyl (C=O) groups is 2. The van der Waals surface area contributed by atoms with Gasteiger partial charge < -0.3 is 9.15 Å². The molecule has 0 amide bonds. The first kappa shape index (κ1) is 12.6. The van der Waals surface area contributed by atoms with Gasteiger partial charge in [-0.1, -0.05) is 6.07 Å². The minimum atomic E-state index is -0.562. The molecule has 0 unspecified atom stereocenters. The Kier molecular flexibility index (Phi) is 3.30. The van der Waals surface area contributed by atoms with Gasteiger partial charge in [0.1, 0.15) is 5.52 Å². The molecule has 0 aliphatic rings. The molecule has 2 heterocycles. The highest BCUT2D eigenvalue weighted by Gasteiger charge is 2.13. The van der Waals surface area contributed by atoms with Crippen LogP contribution in [0.3, 0.4) is 0 Å². The number of Topliss-reactive ketones (excluding diaryl/α,β-unsaturated/α-hetero) is 1. The van der Waals surface area contributed by atoms with E-state index < -0.39 is 5.97 Å². The number of esters is 1. The molecule has 3 rings (SSSR count). The second-order valence-corrected chi connectivity index (χ2v) is 4.96. The molecule has 0 atom stereocenters. The van der Waals surface area contributed by atoms with E-state index in [4.69, 9.17) is 9.15 Å². The first-order valence-corrected chi connectivity index (χ1v) is 6.69. The summed E-state index contributed by atoms with van der Waals surface area (Å²) in [7, 11) is 0. The second kappa shape index (κ2) is 5.26. The van der Waals surface area contributed by atoms with Crippen LogP contribution in [0.25, 0.3) is 11.1 Å². The lowest BCUT2D eigenvalue weighted by Gasteiger charge is -2.03. The molecule has 100 valence electrons. The number of oxazole rings is 1. The van der Waals surface area contributed by atoms with Crippen molar-refractivity contribution in [1.29, 1.82) is 0 Å². The number of rotatable bonds is 4. The average molecular weight is 287 g/mol. The minimum absolute atomic E-state index is 0.214. The molecule has 0 fully saturated rings. The van der Waals surface area contributed by atoms with E-state index in [0.717, 1.165) is 0 Å². The summed E-state index contributed by atoms with van der Waals surface area (Å²) in [6.45, 7) is -0.270. The van der Waals surface area contributed by atoms with Crippen molar-refractivity contribution < 1.29 is 18.7 Å². The number of fused-ring (bicyclic) bond motifs is 1. The highest BCUT2D eigenvalue weighted by Crippen LogP contribution is 2.15. The molecular formula is C14H9NO4S. The van der Waals surface area contributed by atoms with Crippen LogP contribution in [0.2, 0.25) is 0 Å². The summed E-state index contributed by atoms with van der Waals surface area (Å²) in [5.41, 5.74) is 1.49. The van der Waals surface area contributed by atoms with Crippen molar-refractivity contribution in [3.05, 3.63) is 52.5 Å². The van der Waals surface area contributed by atoms with E-state index in [1.54, 1.807) is 35.7 Å². The van der Waals surface area contributed by atoms with Crippen LogP contribution < -0.4 is 0 Å².